The second kappa shape index (κ2) is 7.21. The van der Waals surface area contributed by atoms with Gasteiger partial charge in [0, 0.05) is 13.7 Å². The monoisotopic (exact) mass is 250 g/mol. The Morgan fingerprint density at radius 1 is 1.38 bits per heavy atom. The SMILES string of the molecule is COCCS(=O)(=O)NCCC1CCNCC1. The van der Waals surface area contributed by atoms with E-state index in [1.54, 1.807) is 0 Å². The van der Waals surface area contributed by atoms with Gasteiger partial charge >= 0.3 is 0 Å². The Kier molecular flexibility index (Phi) is 6.26. The molecule has 16 heavy (non-hydrogen) atoms. The van der Waals surface area contributed by atoms with Crippen LogP contribution in [0.5, 0.6) is 0 Å². The van der Waals surface area contributed by atoms with Crippen molar-refractivity contribution in [2.45, 2.75) is 19.3 Å². The second-order valence-electron chi connectivity index (χ2n) is 4.19. The summed E-state index contributed by atoms with van der Waals surface area (Å²) in [4.78, 5) is 0. The molecule has 1 heterocycles. The van der Waals surface area contributed by atoms with Crippen LogP contribution >= 0.6 is 0 Å². The van der Waals surface area contributed by atoms with E-state index in [-0.39, 0.29) is 12.4 Å². The van der Waals surface area contributed by atoms with E-state index in [1.165, 1.54) is 7.11 Å². The van der Waals surface area contributed by atoms with E-state index in [9.17, 15) is 8.42 Å². The van der Waals surface area contributed by atoms with Crippen molar-refractivity contribution in [1.29, 1.82) is 0 Å². The highest BCUT2D eigenvalue weighted by Gasteiger charge is 2.14. The first-order valence-electron chi connectivity index (χ1n) is 5.81. The maximum absolute atomic E-state index is 11.4. The van der Waals surface area contributed by atoms with E-state index in [4.69, 9.17) is 4.74 Å². The zero-order valence-corrected chi connectivity index (χ0v) is 10.7. The van der Waals surface area contributed by atoms with E-state index in [0.29, 0.717) is 12.5 Å². The van der Waals surface area contributed by atoms with Crippen molar-refractivity contribution in [2.75, 3.05) is 39.1 Å². The summed E-state index contributed by atoms with van der Waals surface area (Å²) in [6.07, 6.45) is 3.24. The van der Waals surface area contributed by atoms with Gasteiger partial charge in [-0.3, -0.25) is 0 Å². The van der Waals surface area contributed by atoms with Crippen molar-refractivity contribution in [2.24, 2.45) is 5.92 Å². The van der Waals surface area contributed by atoms with Crippen LogP contribution < -0.4 is 10.0 Å². The van der Waals surface area contributed by atoms with Crippen LogP contribution in [0, 0.1) is 5.92 Å². The van der Waals surface area contributed by atoms with Gasteiger partial charge in [0.15, 0.2) is 0 Å². The molecule has 0 radical (unpaired) electrons. The molecule has 0 aliphatic carbocycles. The Morgan fingerprint density at radius 3 is 2.69 bits per heavy atom. The molecular weight excluding hydrogens is 228 g/mol. The first kappa shape index (κ1) is 13.9. The van der Waals surface area contributed by atoms with Crippen molar-refractivity contribution in [3.63, 3.8) is 0 Å². The lowest BCUT2D eigenvalue weighted by Crippen LogP contribution is -2.33. The Balaban J connectivity index is 2.13. The van der Waals surface area contributed by atoms with Gasteiger partial charge in [0.2, 0.25) is 10.0 Å². The fourth-order valence-electron chi connectivity index (χ4n) is 1.85. The predicted octanol–water partition coefficient (Wildman–Crippen LogP) is -0.0581. The molecule has 0 bridgehead atoms. The number of methoxy groups -OCH3 is 1. The molecule has 1 fully saturated rings. The standard InChI is InChI=1S/C10H22N2O3S/c1-15-8-9-16(13,14)12-7-4-10-2-5-11-6-3-10/h10-12H,2-9H2,1H3. The third-order valence-electron chi connectivity index (χ3n) is 2.89. The topological polar surface area (TPSA) is 67.4 Å². The molecule has 0 aromatic heterocycles. The molecule has 0 amide bonds. The van der Waals surface area contributed by atoms with E-state index < -0.39 is 10.0 Å². The molecule has 6 heteroatoms. The molecule has 5 nitrogen and oxygen atoms in total. The van der Waals surface area contributed by atoms with Crippen molar-refractivity contribution in [3.8, 4) is 0 Å². The molecule has 1 aliphatic heterocycles. The van der Waals surface area contributed by atoms with Gasteiger partial charge in [-0.15, -0.1) is 0 Å². The molecule has 0 spiro atoms. The molecule has 1 saturated heterocycles. The molecule has 2 N–H and O–H groups in total. The number of hydrogen-bond donors (Lipinski definition) is 2. The lowest BCUT2D eigenvalue weighted by atomic mass is 9.95. The van der Waals surface area contributed by atoms with Gasteiger partial charge in [0.1, 0.15) is 0 Å². The van der Waals surface area contributed by atoms with Gasteiger partial charge in [-0.1, -0.05) is 0 Å². The summed E-state index contributed by atoms with van der Waals surface area (Å²) >= 11 is 0. The Hall–Kier alpha value is -0.170. The Bertz CT molecular complexity index is 274. The van der Waals surface area contributed by atoms with Crippen LogP contribution in [-0.4, -0.2) is 47.5 Å². The number of piperidine rings is 1. The molecule has 0 aromatic rings. The molecule has 96 valence electrons. The quantitative estimate of drug-likeness (QED) is 0.664. The third kappa shape index (κ3) is 5.79. The van der Waals surface area contributed by atoms with Gasteiger partial charge in [-0.2, -0.15) is 0 Å². The van der Waals surface area contributed by atoms with Crippen LogP contribution in [0.2, 0.25) is 0 Å². The highest BCUT2D eigenvalue weighted by atomic mass is 32.2. The minimum atomic E-state index is -3.14. The molecule has 1 rings (SSSR count). The lowest BCUT2D eigenvalue weighted by molar-refractivity contribution is 0.217. The maximum atomic E-state index is 11.4. The minimum absolute atomic E-state index is 0.0513. The van der Waals surface area contributed by atoms with Crippen LogP contribution in [0.3, 0.4) is 0 Å². The number of hydrogen-bond acceptors (Lipinski definition) is 4. The summed E-state index contributed by atoms with van der Waals surface area (Å²) in [5, 5.41) is 3.29. The van der Waals surface area contributed by atoms with Gasteiger partial charge in [-0.25, -0.2) is 13.1 Å². The summed E-state index contributed by atoms with van der Waals surface area (Å²) in [5.41, 5.74) is 0. The number of sulfonamides is 1. The summed E-state index contributed by atoms with van der Waals surface area (Å²) < 4.78 is 30.2. The van der Waals surface area contributed by atoms with Crippen LogP contribution in [-0.2, 0) is 14.8 Å². The number of rotatable bonds is 7. The fraction of sp³-hybridized carbons (Fsp3) is 1.00. The Labute approximate surface area is 98.0 Å². The summed E-state index contributed by atoms with van der Waals surface area (Å²) in [6, 6.07) is 0. The van der Waals surface area contributed by atoms with Crippen molar-refractivity contribution in [3.05, 3.63) is 0 Å². The molecule has 0 unspecified atom stereocenters. The highest BCUT2D eigenvalue weighted by Crippen LogP contribution is 2.14. The maximum Gasteiger partial charge on any atom is 0.213 e. The van der Waals surface area contributed by atoms with E-state index >= 15 is 0 Å². The predicted molar refractivity (Wildman–Crippen MR) is 63.9 cm³/mol. The first-order chi connectivity index (χ1) is 7.64. The van der Waals surface area contributed by atoms with Crippen molar-refractivity contribution in [1.82, 2.24) is 10.0 Å². The molecule has 0 atom stereocenters. The van der Waals surface area contributed by atoms with Gasteiger partial charge < -0.3 is 10.1 Å². The van der Waals surface area contributed by atoms with Crippen LogP contribution in [0.1, 0.15) is 19.3 Å². The van der Waals surface area contributed by atoms with Gasteiger partial charge in [-0.05, 0) is 38.3 Å². The fourth-order valence-corrected chi connectivity index (χ4v) is 2.81. The largest absolute Gasteiger partial charge is 0.384 e. The third-order valence-corrected chi connectivity index (χ3v) is 4.24. The Morgan fingerprint density at radius 2 is 2.06 bits per heavy atom. The summed E-state index contributed by atoms with van der Waals surface area (Å²) in [7, 11) is -1.63. The minimum Gasteiger partial charge on any atom is -0.384 e. The molecule has 0 saturated carbocycles. The normalized spacial score (nSPS) is 18.8. The second-order valence-corrected chi connectivity index (χ2v) is 6.11. The average molecular weight is 250 g/mol. The molecule has 0 aromatic carbocycles. The van der Waals surface area contributed by atoms with E-state index in [0.717, 1.165) is 32.4 Å². The summed E-state index contributed by atoms with van der Waals surface area (Å²) in [5.74, 6) is 0.710. The van der Waals surface area contributed by atoms with Crippen LogP contribution in [0.15, 0.2) is 0 Å². The zero-order chi connectivity index (χ0) is 11.9. The lowest BCUT2D eigenvalue weighted by Gasteiger charge is -2.22. The van der Waals surface area contributed by atoms with Crippen LogP contribution in [0.25, 0.3) is 0 Å². The van der Waals surface area contributed by atoms with E-state index in [1.807, 2.05) is 0 Å². The number of nitrogens with one attached hydrogen (secondary N) is 2. The number of ether oxygens (including phenoxy) is 1. The van der Waals surface area contributed by atoms with Gasteiger partial charge in [0.05, 0.1) is 12.4 Å². The summed E-state index contributed by atoms with van der Waals surface area (Å²) in [6.45, 7) is 2.92. The van der Waals surface area contributed by atoms with E-state index in [2.05, 4.69) is 10.0 Å². The van der Waals surface area contributed by atoms with Crippen molar-refractivity contribution >= 4 is 10.0 Å². The average Bonchev–Trinajstić information content (AvgIpc) is 2.28. The molecular formula is C10H22N2O3S. The van der Waals surface area contributed by atoms with Crippen molar-refractivity contribution < 1.29 is 13.2 Å². The highest BCUT2D eigenvalue weighted by molar-refractivity contribution is 7.89. The van der Waals surface area contributed by atoms with Gasteiger partial charge in [0.25, 0.3) is 0 Å². The molecule has 1 aliphatic rings. The van der Waals surface area contributed by atoms with Crippen LogP contribution in [0.4, 0.5) is 0 Å². The zero-order valence-electron chi connectivity index (χ0n) is 9.87. The first-order valence-corrected chi connectivity index (χ1v) is 7.46. The smallest absolute Gasteiger partial charge is 0.213 e.